The van der Waals surface area contributed by atoms with Crippen LogP contribution in [0.1, 0.15) is 28.8 Å². The van der Waals surface area contributed by atoms with Crippen molar-refractivity contribution in [1.82, 2.24) is 14.8 Å². The van der Waals surface area contributed by atoms with Crippen molar-refractivity contribution in [3.63, 3.8) is 0 Å². The van der Waals surface area contributed by atoms with Gasteiger partial charge in [-0.05, 0) is 31.0 Å². The Morgan fingerprint density at radius 2 is 2.00 bits per heavy atom. The Bertz CT molecular complexity index is 799. The van der Waals surface area contributed by atoms with E-state index in [0.29, 0.717) is 25.3 Å². The van der Waals surface area contributed by atoms with Gasteiger partial charge in [-0.3, -0.25) is 14.7 Å². The first-order chi connectivity index (χ1) is 14.6. The van der Waals surface area contributed by atoms with Crippen LogP contribution in [0.4, 0.5) is 8.78 Å². The fraction of sp³-hybridized carbons (Fsp3) is 0.455. The fourth-order valence-electron chi connectivity index (χ4n) is 3.77. The minimum Gasteiger partial charge on any atom is -0.434 e. The third-order valence-electron chi connectivity index (χ3n) is 5.29. The molecule has 162 valence electrons. The summed E-state index contributed by atoms with van der Waals surface area (Å²) in [6.45, 7) is 0.189. The second kappa shape index (κ2) is 11.0. The average molecular weight is 419 g/mol. The molecule has 0 N–H and O–H groups in total. The van der Waals surface area contributed by atoms with Crippen LogP contribution in [0.25, 0.3) is 0 Å². The first-order valence-electron chi connectivity index (χ1n) is 10.0. The van der Waals surface area contributed by atoms with E-state index in [0.717, 1.165) is 31.5 Å². The Labute approximate surface area is 175 Å². The summed E-state index contributed by atoms with van der Waals surface area (Å²) in [7, 11) is 1.62. The maximum absolute atomic E-state index is 13.0. The number of alkyl halides is 2. The lowest BCUT2D eigenvalue weighted by Crippen LogP contribution is -2.48. The van der Waals surface area contributed by atoms with Gasteiger partial charge in [-0.15, -0.1) is 0 Å². The molecular weight excluding hydrogens is 392 g/mol. The molecule has 2 heterocycles. The smallest absolute Gasteiger partial charge is 0.387 e. The van der Waals surface area contributed by atoms with E-state index in [4.69, 9.17) is 4.74 Å². The van der Waals surface area contributed by atoms with Crippen LogP contribution in [-0.4, -0.2) is 66.7 Å². The number of aromatic nitrogens is 1. The number of rotatable bonds is 9. The lowest BCUT2D eigenvalue weighted by Gasteiger charge is -2.38. The van der Waals surface area contributed by atoms with Crippen molar-refractivity contribution in [2.75, 3.05) is 33.4 Å². The van der Waals surface area contributed by atoms with Crippen molar-refractivity contribution >= 4 is 5.91 Å². The Balaban J connectivity index is 1.62. The van der Waals surface area contributed by atoms with Crippen molar-refractivity contribution < 1.29 is 23.0 Å². The lowest BCUT2D eigenvalue weighted by molar-refractivity contribution is -0.0508. The lowest BCUT2D eigenvalue weighted by atomic mass is 10.0. The summed E-state index contributed by atoms with van der Waals surface area (Å²) in [5.74, 6) is 0.164. The van der Waals surface area contributed by atoms with E-state index in [1.54, 1.807) is 49.8 Å². The second-order valence-corrected chi connectivity index (χ2v) is 7.23. The number of hydrogen-bond donors (Lipinski definition) is 0. The molecule has 3 rings (SSSR count). The van der Waals surface area contributed by atoms with Crippen molar-refractivity contribution in [2.45, 2.75) is 32.0 Å². The number of likely N-dealkylation sites (tertiary alicyclic amines) is 1. The molecule has 1 amide bonds. The number of methoxy groups -OCH3 is 1. The van der Waals surface area contributed by atoms with Gasteiger partial charge < -0.3 is 14.4 Å². The number of para-hydroxylation sites is 1. The Morgan fingerprint density at radius 3 is 2.67 bits per heavy atom. The van der Waals surface area contributed by atoms with E-state index in [1.165, 1.54) is 0 Å². The van der Waals surface area contributed by atoms with Gasteiger partial charge in [0.25, 0.3) is 5.91 Å². The van der Waals surface area contributed by atoms with E-state index in [9.17, 15) is 13.6 Å². The second-order valence-electron chi connectivity index (χ2n) is 7.23. The number of pyridine rings is 1. The molecule has 1 fully saturated rings. The molecule has 1 aliphatic rings. The Hall–Kier alpha value is -2.58. The molecule has 6 nitrogen and oxygen atoms in total. The van der Waals surface area contributed by atoms with Crippen molar-refractivity contribution in [2.24, 2.45) is 0 Å². The van der Waals surface area contributed by atoms with Gasteiger partial charge >= 0.3 is 6.61 Å². The number of amides is 1. The number of halogens is 2. The number of ether oxygens (including phenoxy) is 2. The van der Waals surface area contributed by atoms with Gasteiger partial charge in [-0.1, -0.05) is 18.2 Å². The zero-order valence-corrected chi connectivity index (χ0v) is 17.0. The topological polar surface area (TPSA) is 54.9 Å². The summed E-state index contributed by atoms with van der Waals surface area (Å²) in [6.07, 6.45) is 4.82. The van der Waals surface area contributed by atoms with Gasteiger partial charge in [0, 0.05) is 57.3 Å². The predicted octanol–water partition coefficient (Wildman–Crippen LogP) is 3.44. The van der Waals surface area contributed by atoms with Crippen LogP contribution in [-0.2, 0) is 11.3 Å². The summed E-state index contributed by atoms with van der Waals surface area (Å²) in [5, 5.41) is 0. The number of piperidine rings is 1. The van der Waals surface area contributed by atoms with E-state index in [2.05, 4.69) is 14.6 Å². The summed E-state index contributed by atoms with van der Waals surface area (Å²) in [5.41, 5.74) is 1.30. The molecule has 1 aromatic heterocycles. The maximum atomic E-state index is 13.0. The highest BCUT2D eigenvalue weighted by Gasteiger charge is 2.29. The van der Waals surface area contributed by atoms with E-state index in [-0.39, 0.29) is 17.7 Å². The highest BCUT2D eigenvalue weighted by Crippen LogP contribution is 2.25. The molecule has 1 saturated heterocycles. The zero-order chi connectivity index (χ0) is 21.3. The van der Waals surface area contributed by atoms with Crippen LogP contribution < -0.4 is 4.74 Å². The maximum Gasteiger partial charge on any atom is 0.387 e. The van der Waals surface area contributed by atoms with Gasteiger partial charge in [0.05, 0.1) is 12.2 Å². The molecule has 0 aliphatic carbocycles. The molecule has 30 heavy (non-hydrogen) atoms. The predicted molar refractivity (Wildman–Crippen MR) is 109 cm³/mol. The van der Waals surface area contributed by atoms with E-state index in [1.807, 2.05) is 11.0 Å². The minimum atomic E-state index is -2.84. The molecule has 0 spiro atoms. The molecular formula is C22H27F2N3O3. The van der Waals surface area contributed by atoms with Crippen LogP contribution in [0, 0.1) is 0 Å². The normalized spacial score (nSPS) is 15.3. The molecule has 0 saturated carbocycles. The van der Waals surface area contributed by atoms with Crippen molar-refractivity contribution in [1.29, 1.82) is 0 Å². The third kappa shape index (κ3) is 5.96. The van der Waals surface area contributed by atoms with Crippen LogP contribution in [0.2, 0.25) is 0 Å². The Morgan fingerprint density at radius 1 is 1.23 bits per heavy atom. The fourth-order valence-corrected chi connectivity index (χ4v) is 3.77. The van der Waals surface area contributed by atoms with E-state index < -0.39 is 6.61 Å². The molecule has 1 aliphatic heterocycles. The summed E-state index contributed by atoms with van der Waals surface area (Å²) in [6, 6.07) is 10.5. The Kier molecular flexibility index (Phi) is 8.10. The van der Waals surface area contributed by atoms with Crippen molar-refractivity contribution in [3.8, 4) is 5.75 Å². The average Bonchev–Trinajstić information content (AvgIpc) is 2.76. The summed E-state index contributed by atoms with van der Waals surface area (Å²) >= 11 is 0. The first kappa shape index (κ1) is 22.1. The number of nitrogens with zero attached hydrogens (tertiary/aromatic N) is 3. The van der Waals surface area contributed by atoms with E-state index >= 15 is 0 Å². The van der Waals surface area contributed by atoms with Crippen molar-refractivity contribution in [3.05, 3.63) is 59.9 Å². The van der Waals surface area contributed by atoms with Gasteiger partial charge in [0.2, 0.25) is 0 Å². The van der Waals surface area contributed by atoms with Gasteiger partial charge in [0.15, 0.2) is 0 Å². The van der Waals surface area contributed by atoms with Crippen LogP contribution in [0.5, 0.6) is 5.75 Å². The van der Waals surface area contributed by atoms with Gasteiger partial charge in [0.1, 0.15) is 5.75 Å². The molecule has 0 unspecified atom stereocenters. The molecule has 0 atom stereocenters. The number of benzene rings is 1. The van der Waals surface area contributed by atoms with Crippen LogP contribution in [0.15, 0.2) is 48.8 Å². The molecule has 0 bridgehead atoms. The molecule has 8 heteroatoms. The molecule has 2 aromatic rings. The first-order valence-corrected chi connectivity index (χ1v) is 10.0. The molecule has 1 aromatic carbocycles. The number of hydrogen-bond acceptors (Lipinski definition) is 5. The summed E-state index contributed by atoms with van der Waals surface area (Å²) in [4.78, 5) is 21.1. The molecule has 0 radical (unpaired) electrons. The third-order valence-corrected chi connectivity index (χ3v) is 5.29. The summed E-state index contributed by atoms with van der Waals surface area (Å²) < 4.78 is 35.1. The number of carbonyl (C=O) groups is 1. The monoisotopic (exact) mass is 419 g/mol. The minimum absolute atomic E-state index is 0.0470. The quantitative estimate of drug-likeness (QED) is 0.623. The largest absolute Gasteiger partial charge is 0.434 e. The number of carbonyl (C=O) groups excluding carboxylic acids is 1. The van der Waals surface area contributed by atoms with Gasteiger partial charge in [-0.25, -0.2) is 0 Å². The highest BCUT2D eigenvalue weighted by atomic mass is 19.3. The van der Waals surface area contributed by atoms with Crippen LogP contribution >= 0.6 is 0 Å². The zero-order valence-electron chi connectivity index (χ0n) is 17.0. The van der Waals surface area contributed by atoms with Gasteiger partial charge in [-0.2, -0.15) is 8.78 Å². The van der Waals surface area contributed by atoms with Crippen LogP contribution in [0.3, 0.4) is 0 Å². The SMILES string of the molecule is COCCN(C(=O)c1cccnc1)C1CCN(Cc2ccccc2OC(F)F)CC1. The highest BCUT2D eigenvalue weighted by molar-refractivity contribution is 5.94. The standard InChI is InChI=1S/C22H27F2N3O3/c1-29-14-13-27(21(28)17-6-4-10-25-15-17)19-8-11-26(12-9-19)16-18-5-2-3-7-20(18)30-22(23)24/h2-7,10,15,19,22H,8-9,11-14,16H2,1H3.